The number of amides is 1. The number of hydrogen-bond acceptors (Lipinski definition) is 4. The molecule has 0 fully saturated rings. The maximum Gasteiger partial charge on any atom is 0.326 e. The van der Waals surface area contributed by atoms with E-state index >= 15 is 0 Å². The summed E-state index contributed by atoms with van der Waals surface area (Å²) < 4.78 is 0. The van der Waals surface area contributed by atoms with Crippen LogP contribution in [0.15, 0.2) is 12.3 Å². The van der Waals surface area contributed by atoms with Crippen molar-refractivity contribution in [3.63, 3.8) is 0 Å². The van der Waals surface area contributed by atoms with Crippen molar-refractivity contribution >= 4 is 29.3 Å². The number of carbonyl (C=O) groups is 2. The lowest BCUT2D eigenvalue weighted by Gasteiger charge is -2.18. The molecule has 1 rings (SSSR count). The zero-order chi connectivity index (χ0) is 16.2. The van der Waals surface area contributed by atoms with E-state index < -0.39 is 12.0 Å². The molecule has 0 spiro atoms. The Labute approximate surface area is 129 Å². The number of halogens is 1. The van der Waals surface area contributed by atoms with Gasteiger partial charge < -0.3 is 15.3 Å². The number of carboxylic acid groups (broad SMARTS) is 1. The van der Waals surface area contributed by atoms with E-state index in [9.17, 15) is 14.7 Å². The van der Waals surface area contributed by atoms with Gasteiger partial charge in [-0.25, -0.2) is 9.78 Å². The van der Waals surface area contributed by atoms with Gasteiger partial charge in [-0.3, -0.25) is 4.79 Å². The Morgan fingerprint density at radius 1 is 1.43 bits per heavy atom. The van der Waals surface area contributed by atoms with Crippen molar-refractivity contribution in [3.05, 3.63) is 22.8 Å². The van der Waals surface area contributed by atoms with Gasteiger partial charge in [0.25, 0.3) is 5.91 Å². The molecule has 1 amide bonds. The molecule has 1 heterocycles. The standard InChI is InChI=1S/C14H20ClN3O3/c1-8(2)5-11(14(20)21)17-12-10(15)6-9(7-16-12)13(19)18(3)4/h6-8,11H,5H2,1-4H3,(H,16,17)(H,20,21)/t11-/m1/s1. The molecule has 0 unspecified atom stereocenters. The maximum atomic E-state index is 11.8. The first-order chi connectivity index (χ1) is 9.72. The molecule has 2 N–H and O–H groups in total. The number of rotatable bonds is 6. The highest BCUT2D eigenvalue weighted by Crippen LogP contribution is 2.22. The molecule has 0 bridgehead atoms. The van der Waals surface area contributed by atoms with E-state index in [0.29, 0.717) is 12.0 Å². The third-order valence-corrected chi connectivity index (χ3v) is 3.10. The fourth-order valence-corrected chi connectivity index (χ4v) is 2.00. The molecule has 21 heavy (non-hydrogen) atoms. The van der Waals surface area contributed by atoms with Crippen LogP contribution in [-0.4, -0.2) is 47.0 Å². The minimum Gasteiger partial charge on any atom is -0.480 e. The lowest BCUT2D eigenvalue weighted by atomic mass is 10.0. The van der Waals surface area contributed by atoms with Gasteiger partial charge in [0.1, 0.15) is 11.9 Å². The summed E-state index contributed by atoms with van der Waals surface area (Å²) >= 11 is 6.07. The predicted molar refractivity (Wildman–Crippen MR) is 81.8 cm³/mol. The highest BCUT2D eigenvalue weighted by molar-refractivity contribution is 6.33. The summed E-state index contributed by atoms with van der Waals surface area (Å²) in [4.78, 5) is 28.5. The molecule has 7 heteroatoms. The predicted octanol–water partition coefficient (Wildman–Crippen LogP) is 2.35. The Morgan fingerprint density at radius 3 is 2.48 bits per heavy atom. The van der Waals surface area contributed by atoms with Crippen molar-refractivity contribution in [3.8, 4) is 0 Å². The normalized spacial score (nSPS) is 12.1. The number of aromatic nitrogens is 1. The van der Waals surface area contributed by atoms with Crippen LogP contribution in [0.4, 0.5) is 5.82 Å². The van der Waals surface area contributed by atoms with Crippen LogP contribution in [0.5, 0.6) is 0 Å². The van der Waals surface area contributed by atoms with Crippen molar-refractivity contribution in [2.45, 2.75) is 26.3 Å². The number of anilines is 1. The largest absolute Gasteiger partial charge is 0.480 e. The number of hydrogen-bond donors (Lipinski definition) is 2. The van der Waals surface area contributed by atoms with Crippen LogP contribution in [0.25, 0.3) is 0 Å². The second-order valence-electron chi connectivity index (χ2n) is 5.42. The summed E-state index contributed by atoms with van der Waals surface area (Å²) in [5, 5.41) is 12.2. The summed E-state index contributed by atoms with van der Waals surface area (Å²) in [5.74, 6) is -0.699. The van der Waals surface area contributed by atoms with Gasteiger partial charge in [-0.05, 0) is 18.4 Å². The molecule has 0 saturated carbocycles. The number of carboxylic acids is 1. The Morgan fingerprint density at radius 2 is 2.05 bits per heavy atom. The van der Waals surface area contributed by atoms with E-state index in [1.165, 1.54) is 17.2 Å². The third kappa shape index (κ3) is 4.90. The Balaban J connectivity index is 2.94. The molecule has 116 valence electrons. The van der Waals surface area contributed by atoms with Crippen molar-refractivity contribution < 1.29 is 14.7 Å². The SMILES string of the molecule is CC(C)C[C@@H](Nc1ncc(C(=O)N(C)C)cc1Cl)C(=O)O. The number of nitrogens with one attached hydrogen (secondary N) is 1. The molecule has 6 nitrogen and oxygen atoms in total. The van der Waals surface area contributed by atoms with E-state index in [0.717, 1.165) is 0 Å². The van der Waals surface area contributed by atoms with Crippen LogP contribution in [0.2, 0.25) is 5.02 Å². The van der Waals surface area contributed by atoms with Gasteiger partial charge in [0.2, 0.25) is 0 Å². The molecule has 1 atom stereocenters. The average molecular weight is 314 g/mol. The van der Waals surface area contributed by atoms with Crippen molar-refractivity contribution in [1.82, 2.24) is 9.88 Å². The van der Waals surface area contributed by atoms with Crippen LogP contribution < -0.4 is 5.32 Å². The zero-order valence-electron chi connectivity index (χ0n) is 12.6. The van der Waals surface area contributed by atoms with Gasteiger partial charge in [0, 0.05) is 20.3 Å². The first-order valence-electron chi connectivity index (χ1n) is 6.59. The fraction of sp³-hybridized carbons (Fsp3) is 0.500. The fourth-order valence-electron chi connectivity index (χ4n) is 1.78. The second kappa shape index (κ2) is 7.26. The van der Waals surface area contributed by atoms with Gasteiger partial charge in [0.05, 0.1) is 10.6 Å². The summed E-state index contributed by atoms with van der Waals surface area (Å²) in [7, 11) is 3.26. The first-order valence-corrected chi connectivity index (χ1v) is 6.96. The smallest absolute Gasteiger partial charge is 0.326 e. The highest BCUT2D eigenvalue weighted by atomic mass is 35.5. The molecule has 1 aromatic rings. The average Bonchev–Trinajstić information content (AvgIpc) is 2.38. The monoisotopic (exact) mass is 313 g/mol. The van der Waals surface area contributed by atoms with E-state index in [1.807, 2.05) is 13.8 Å². The number of pyridine rings is 1. The molecular weight excluding hydrogens is 294 g/mol. The zero-order valence-corrected chi connectivity index (χ0v) is 13.3. The Hall–Kier alpha value is -1.82. The third-order valence-electron chi connectivity index (χ3n) is 2.81. The number of carbonyl (C=O) groups excluding carboxylic acids is 1. The van der Waals surface area contributed by atoms with E-state index in [1.54, 1.807) is 14.1 Å². The maximum absolute atomic E-state index is 11.8. The van der Waals surface area contributed by atoms with Crippen LogP contribution in [-0.2, 0) is 4.79 Å². The van der Waals surface area contributed by atoms with Crippen LogP contribution in [0, 0.1) is 5.92 Å². The number of aliphatic carboxylic acids is 1. The minimum atomic E-state index is -0.963. The summed E-state index contributed by atoms with van der Waals surface area (Å²) in [6, 6.07) is 0.707. The van der Waals surface area contributed by atoms with Crippen LogP contribution in [0.1, 0.15) is 30.6 Å². The lowest BCUT2D eigenvalue weighted by Crippen LogP contribution is -2.31. The van der Waals surface area contributed by atoms with Crippen LogP contribution in [0.3, 0.4) is 0 Å². The molecule has 0 radical (unpaired) electrons. The minimum absolute atomic E-state index is 0.215. The number of nitrogens with zero attached hydrogens (tertiary/aromatic N) is 2. The van der Waals surface area contributed by atoms with Gasteiger partial charge >= 0.3 is 5.97 Å². The summed E-state index contributed by atoms with van der Waals surface area (Å²) in [6.45, 7) is 3.87. The molecule has 1 aromatic heterocycles. The van der Waals surface area contributed by atoms with Gasteiger partial charge in [-0.2, -0.15) is 0 Å². The molecule has 0 aliphatic heterocycles. The van der Waals surface area contributed by atoms with Crippen molar-refractivity contribution in [1.29, 1.82) is 0 Å². The molecule has 0 aromatic carbocycles. The van der Waals surface area contributed by atoms with Gasteiger partial charge in [-0.1, -0.05) is 25.4 Å². The molecule has 0 saturated heterocycles. The van der Waals surface area contributed by atoms with Gasteiger partial charge in [0.15, 0.2) is 0 Å². The van der Waals surface area contributed by atoms with Crippen molar-refractivity contribution in [2.75, 3.05) is 19.4 Å². The Bertz CT molecular complexity index is 532. The summed E-state index contributed by atoms with van der Waals surface area (Å²) in [6.07, 6.45) is 1.83. The first kappa shape index (κ1) is 17.2. The second-order valence-corrected chi connectivity index (χ2v) is 5.83. The molecule has 0 aliphatic rings. The van der Waals surface area contributed by atoms with Crippen LogP contribution >= 0.6 is 11.6 Å². The summed E-state index contributed by atoms with van der Waals surface area (Å²) in [5.41, 5.74) is 0.353. The highest BCUT2D eigenvalue weighted by Gasteiger charge is 2.21. The quantitative estimate of drug-likeness (QED) is 0.842. The molecule has 0 aliphatic carbocycles. The van der Waals surface area contributed by atoms with Crippen molar-refractivity contribution in [2.24, 2.45) is 5.92 Å². The lowest BCUT2D eigenvalue weighted by molar-refractivity contribution is -0.138. The van der Waals surface area contributed by atoms with E-state index in [4.69, 9.17) is 11.6 Å². The molecular formula is C14H20ClN3O3. The van der Waals surface area contributed by atoms with E-state index in [2.05, 4.69) is 10.3 Å². The topological polar surface area (TPSA) is 82.5 Å². The Kier molecular flexibility index (Phi) is 5.96. The van der Waals surface area contributed by atoms with Gasteiger partial charge in [-0.15, -0.1) is 0 Å². The van der Waals surface area contributed by atoms with E-state index in [-0.39, 0.29) is 22.7 Å².